The van der Waals surface area contributed by atoms with Crippen molar-refractivity contribution in [2.24, 2.45) is 0 Å². The van der Waals surface area contributed by atoms with Gasteiger partial charge in [0, 0.05) is 38.1 Å². The molecule has 0 spiro atoms. The van der Waals surface area contributed by atoms with Gasteiger partial charge in [-0.2, -0.15) is 0 Å². The molecular formula is C18H20BrN3O. The number of aryl methyl sites for hydroxylation is 2. The molecule has 1 fully saturated rings. The smallest absolute Gasteiger partial charge is 0.255 e. The van der Waals surface area contributed by atoms with Crippen LogP contribution in [0.3, 0.4) is 0 Å². The SMILES string of the molecule is Cc1ccc(N2CCN(C(=O)c3ccc(Br)nc3)CC2)c(C)c1. The minimum absolute atomic E-state index is 0.0604. The number of halogens is 1. The monoisotopic (exact) mass is 373 g/mol. The van der Waals surface area contributed by atoms with Gasteiger partial charge in [-0.25, -0.2) is 4.98 Å². The van der Waals surface area contributed by atoms with Gasteiger partial charge in [-0.15, -0.1) is 0 Å². The lowest BCUT2D eigenvalue weighted by Gasteiger charge is -2.37. The fourth-order valence-corrected chi connectivity index (χ4v) is 3.23. The van der Waals surface area contributed by atoms with E-state index in [1.807, 2.05) is 11.0 Å². The number of pyridine rings is 1. The lowest BCUT2D eigenvalue weighted by Crippen LogP contribution is -2.49. The molecule has 0 saturated carbocycles. The van der Waals surface area contributed by atoms with E-state index in [4.69, 9.17) is 0 Å². The summed E-state index contributed by atoms with van der Waals surface area (Å²) in [5.74, 6) is 0.0604. The average molecular weight is 374 g/mol. The lowest BCUT2D eigenvalue weighted by molar-refractivity contribution is 0.0746. The third kappa shape index (κ3) is 3.55. The van der Waals surface area contributed by atoms with E-state index in [-0.39, 0.29) is 5.91 Å². The highest BCUT2D eigenvalue weighted by Crippen LogP contribution is 2.23. The number of benzene rings is 1. The first kappa shape index (κ1) is 16.0. The second kappa shape index (κ2) is 6.71. The normalized spacial score (nSPS) is 14.9. The van der Waals surface area contributed by atoms with Gasteiger partial charge < -0.3 is 9.80 Å². The zero-order valence-corrected chi connectivity index (χ0v) is 15.0. The van der Waals surface area contributed by atoms with E-state index in [9.17, 15) is 4.79 Å². The standard InChI is InChI=1S/C18H20BrN3O/c1-13-3-5-16(14(2)11-13)21-7-9-22(10-8-21)18(23)15-4-6-17(19)20-12-15/h3-6,11-12H,7-10H2,1-2H3. The number of hydrogen-bond donors (Lipinski definition) is 0. The Labute approximate surface area is 145 Å². The van der Waals surface area contributed by atoms with Crippen LogP contribution in [0.15, 0.2) is 41.1 Å². The highest BCUT2D eigenvalue weighted by Gasteiger charge is 2.23. The molecule has 2 aromatic rings. The van der Waals surface area contributed by atoms with Gasteiger partial charge in [-0.05, 0) is 53.5 Å². The molecule has 1 aliphatic heterocycles. The summed E-state index contributed by atoms with van der Waals surface area (Å²) in [4.78, 5) is 20.9. The molecule has 1 saturated heterocycles. The molecule has 0 aliphatic carbocycles. The first-order valence-corrected chi connectivity index (χ1v) is 8.57. The molecule has 23 heavy (non-hydrogen) atoms. The molecular weight excluding hydrogens is 354 g/mol. The van der Waals surface area contributed by atoms with Crippen LogP contribution in [0, 0.1) is 13.8 Å². The van der Waals surface area contributed by atoms with E-state index in [1.54, 1.807) is 12.3 Å². The summed E-state index contributed by atoms with van der Waals surface area (Å²) >= 11 is 3.29. The van der Waals surface area contributed by atoms with Crippen LogP contribution in [0.4, 0.5) is 5.69 Å². The maximum absolute atomic E-state index is 12.5. The summed E-state index contributed by atoms with van der Waals surface area (Å²) in [6, 6.07) is 10.2. The van der Waals surface area contributed by atoms with E-state index in [2.05, 4.69) is 57.9 Å². The molecule has 4 nitrogen and oxygen atoms in total. The second-order valence-corrected chi connectivity index (χ2v) is 6.75. The van der Waals surface area contributed by atoms with Gasteiger partial charge in [-0.1, -0.05) is 17.7 Å². The second-order valence-electron chi connectivity index (χ2n) is 5.94. The van der Waals surface area contributed by atoms with Crippen molar-refractivity contribution >= 4 is 27.5 Å². The number of piperazine rings is 1. The molecule has 0 atom stereocenters. The van der Waals surface area contributed by atoms with Crippen LogP contribution in [-0.2, 0) is 0 Å². The number of rotatable bonds is 2. The zero-order valence-electron chi connectivity index (χ0n) is 13.4. The van der Waals surface area contributed by atoms with Crippen LogP contribution < -0.4 is 4.90 Å². The Morgan fingerprint density at radius 1 is 1.09 bits per heavy atom. The summed E-state index contributed by atoms with van der Waals surface area (Å²) in [7, 11) is 0. The third-order valence-corrected chi connectivity index (χ3v) is 4.70. The average Bonchev–Trinajstić information content (AvgIpc) is 2.55. The van der Waals surface area contributed by atoms with E-state index in [0.29, 0.717) is 5.56 Å². The van der Waals surface area contributed by atoms with Crippen molar-refractivity contribution < 1.29 is 4.79 Å². The van der Waals surface area contributed by atoms with Crippen LogP contribution >= 0.6 is 15.9 Å². The molecule has 5 heteroatoms. The van der Waals surface area contributed by atoms with Crippen molar-refractivity contribution in [3.05, 3.63) is 57.8 Å². The van der Waals surface area contributed by atoms with E-state index < -0.39 is 0 Å². The third-order valence-electron chi connectivity index (χ3n) is 4.23. The van der Waals surface area contributed by atoms with Crippen LogP contribution in [0.5, 0.6) is 0 Å². The predicted octanol–water partition coefficient (Wildman–Crippen LogP) is 3.42. The summed E-state index contributed by atoms with van der Waals surface area (Å²) in [5.41, 5.74) is 4.49. The number of aromatic nitrogens is 1. The molecule has 1 amide bonds. The molecule has 3 rings (SSSR count). The Kier molecular flexibility index (Phi) is 4.66. The zero-order chi connectivity index (χ0) is 16.4. The van der Waals surface area contributed by atoms with Crippen LogP contribution in [0.1, 0.15) is 21.5 Å². The van der Waals surface area contributed by atoms with Gasteiger partial charge in [0.1, 0.15) is 4.60 Å². The lowest BCUT2D eigenvalue weighted by atomic mass is 10.1. The van der Waals surface area contributed by atoms with Gasteiger partial charge in [0.15, 0.2) is 0 Å². The highest BCUT2D eigenvalue weighted by molar-refractivity contribution is 9.10. The largest absolute Gasteiger partial charge is 0.368 e. The highest BCUT2D eigenvalue weighted by atomic mass is 79.9. The van der Waals surface area contributed by atoms with Crippen LogP contribution in [0.2, 0.25) is 0 Å². The Hall–Kier alpha value is -1.88. The summed E-state index contributed by atoms with van der Waals surface area (Å²) in [5, 5.41) is 0. The fourth-order valence-electron chi connectivity index (χ4n) is 3.00. The number of nitrogens with zero attached hydrogens (tertiary/aromatic N) is 3. The Bertz CT molecular complexity index is 707. The van der Waals surface area contributed by atoms with Crippen molar-refractivity contribution in [1.82, 2.24) is 9.88 Å². The van der Waals surface area contributed by atoms with Gasteiger partial charge in [0.25, 0.3) is 5.91 Å². The molecule has 1 aromatic carbocycles. The van der Waals surface area contributed by atoms with Gasteiger partial charge >= 0.3 is 0 Å². The predicted molar refractivity (Wildman–Crippen MR) is 96.0 cm³/mol. The number of amides is 1. The number of hydrogen-bond acceptors (Lipinski definition) is 3. The van der Waals surface area contributed by atoms with Gasteiger partial charge in [0.2, 0.25) is 0 Å². The molecule has 0 radical (unpaired) electrons. The Balaban J connectivity index is 1.66. The number of carbonyl (C=O) groups excluding carboxylic acids is 1. The maximum atomic E-state index is 12.5. The molecule has 1 aromatic heterocycles. The summed E-state index contributed by atoms with van der Waals surface area (Å²) in [6.07, 6.45) is 1.63. The minimum atomic E-state index is 0.0604. The van der Waals surface area contributed by atoms with Crippen molar-refractivity contribution in [3.63, 3.8) is 0 Å². The molecule has 1 aliphatic rings. The van der Waals surface area contributed by atoms with E-state index in [0.717, 1.165) is 30.8 Å². The van der Waals surface area contributed by atoms with E-state index in [1.165, 1.54) is 16.8 Å². The Morgan fingerprint density at radius 3 is 2.43 bits per heavy atom. The van der Waals surface area contributed by atoms with Crippen molar-refractivity contribution in [3.8, 4) is 0 Å². The van der Waals surface area contributed by atoms with Crippen molar-refractivity contribution in [2.45, 2.75) is 13.8 Å². The first-order valence-electron chi connectivity index (χ1n) is 7.77. The van der Waals surface area contributed by atoms with Crippen molar-refractivity contribution in [1.29, 1.82) is 0 Å². The molecule has 0 bridgehead atoms. The summed E-state index contributed by atoms with van der Waals surface area (Å²) < 4.78 is 0.744. The van der Waals surface area contributed by atoms with E-state index >= 15 is 0 Å². The molecule has 0 N–H and O–H groups in total. The molecule has 0 unspecified atom stereocenters. The van der Waals surface area contributed by atoms with Crippen molar-refractivity contribution in [2.75, 3.05) is 31.1 Å². The van der Waals surface area contributed by atoms with Crippen LogP contribution in [0.25, 0.3) is 0 Å². The fraction of sp³-hybridized carbons (Fsp3) is 0.333. The topological polar surface area (TPSA) is 36.4 Å². The van der Waals surface area contributed by atoms with Crippen LogP contribution in [-0.4, -0.2) is 42.0 Å². The first-order chi connectivity index (χ1) is 11.0. The van der Waals surface area contributed by atoms with Gasteiger partial charge in [0.05, 0.1) is 5.56 Å². The quantitative estimate of drug-likeness (QED) is 0.756. The number of carbonyl (C=O) groups is 1. The van der Waals surface area contributed by atoms with Gasteiger partial charge in [-0.3, -0.25) is 4.79 Å². The molecule has 2 heterocycles. The summed E-state index contributed by atoms with van der Waals surface area (Å²) in [6.45, 7) is 7.45. The Morgan fingerprint density at radius 2 is 1.83 bits per heavy atom. The minimum Gasteiger partial charge on any atom is -0.368 e. The number of anilines is 1. The molecule has 120 valence electrons. The maximum Gasteiger partial charge on any atom is 0.255 e.